The van der Waals surface area contributed by atoms with Gasteiger partial charge in [-0.2, -0.15) is 0 Å². The Bertz CT molecular complexity index is 430. The molecule has 100 valence electrons. The lowest BCUT2D eigenvalue weighted by molar-refractivity contribution is -0.148. The second-order valence-corrected chi connectivity index (χ2v) is 5.13. The highest BCUT2D eigenvalue weighted by Gasteiger charge is 2.42. The van der Waals surface area contributed by atoms with Gasteiger partial charge in [-0.25, -0.2) is 4.98 Å². The van der Waals surface area contributed by atoms with E-state index in [1.54, 1.807) is 6.20 Å². The number of hydrogen-bond acceptors (Lipinski definition) is 3. The summed E-state index contributed by atoms with van der Waals surface area (Å²) >= 11 is 0. The summed E-state index contributed by atoms with van der Waals surface area (Å²) in [6.07, 6.45) is 5.24. The maximum atomic E-state index is 11.3. The highest BCUT2D eigenvalue weighted by Crippen LogP contribution is 2.33. The van der Waals surface area contributed by atoms with Gasteiger partial charge in [-0.1, -0.05) is 6.92 Å². The number of aliphatic carboxylic acids is 1. The molecule has 0 bridgehead atoms. The van der Waals surface area contributed by atoms with Gasteiger partial charge in [-0.3, -0.25) is 4.79 Å². The molecule has 1 atom stereocenters. The van der Waals surface area contributed by atoms with Crippen LogP contribution in [0, 0.1) is 12.3 Å². The van der Waals surface area contributed by atoms with Crippen LogP contribution >= 0.6 is 0 Å². The van der Waals surface area contributed by atoms with Crippen molar-refractivity contribution in [2.24, 2.45) is 5.41 Å². The number of rotatable bonds is 5. The summed E-state index contributed by atoms with van der Waals surface area (Å²) in [5.41, 5.74) is -0.524. The van der Waals surface area contributed by atoms with Crippen molar-refractivity contribution in [1.82, 2.24) is 14.5 Å². The second-order valence-electron chi connectivity index (χ2n) is 5.13. The molecule has 5 heteroatoms. The van der Waals surface area contributed by atoms with Crippen molar-refractivity contribution in [2.75, 3.05) is 19.6 Å². The highest BCUT2D eigenvalue weighted by molar-refractivity contribution is 5.75. The topological polar surface area (TPSA) is 58.4 Å². The standard InChI is InChI=1S/C13H21N3O2/c1-3-13(12(17)18)4-6-15(10-13)8-9-16-7-5-14-11(16)2/h5,7H,3-4,6,8-10H2,1-2H3,(H,17,18). The summed E-state index contributed by atoms with van der Waals surface area (Å²) in [5, 5.41) is 9.34. The molecule has 1 N–H and O–H groups in total. The molecule has 1 aromatic rings. The molecule has 2 heterocycles. The van der Waals surface area contributed by atoms with Gasteiger partial charge in [0.2, 0.25) is 0 Å². The lowest BCUT2D eigenvalue weighted by Gasteiger charge is -2.23. The van der Waals surface area contributed by atoms with Crippen molar-refractivity contribution in [2.45, 2.75) is 33.2 Å². The largest absolute Gasteiger partial charge is 0.481 e. The number of carbonyl (C=O) groups is 1. The lowest BCUT2D eigenvalue weighted by Crippen LogP contribution is -2.35. The Kier molecular flexibility index (Phi) is 3.71. The number of nitrogens with zero attached hydrogens (tertiary/aromatic N) is 3. The zero-order valence-electron chi connectivity index (χ0n) is 11.1. The van der Waals surface area contributed by atoms with Gasteiger partial charge in [0, 0.05) is 32.0 Å². The third-order valence-electron chi connectivity index (χ3n) is 4.14. The third-order valence-corrected chi connectivity index (χ3v) is 4.14. The van der Waals surface area contributed by atoms with E-state index in [9.17, 15) is 9.90 Å². The van der Waals surface area contributed by atoms with Crippen molar-refractivity contribution >= 4 is 5.97 Å². The molecule has 0 amide bonds. The van der Waals surface area contributed by atoms with E-state index in [1.165, 1.54) is 0 Å². The predicted molar refractivity (Wildman–Crippen MR) is 68.4 cm³/mol. The van der Waals surface area contributed by atoms with Crippen LogP contribution in [0.25, 0.3) is 0 Å². The van der Waals surface area contributed by atoms with Crippen LogP contribution < -0.4 is 0 Å². The Balaban J connectivity index is 1.90. The number of likely N-dealkylation sites (tertiary alicyclic amines) is 1. The van der Waals surface area contributed by atoms with E-state index in [-0.39, 0.29) is 0 Å². The van der Waals surface area contributed by atoms with Crippen molar-refractivity contribution in [3.8, 4) is 0 Å². The summed E-state index contributed by atoms with van der Waals surface area (Å²) in [4.78, 5) is 17.8. The Labute approximate surface area is 107 Å². The Hall–Kier alpha value is -1.36. The molecule has 1 aliphatic heterocycles. The summed E-state index contributed by atoms with van der Waals surface area (Å²) < 4.78 is 2.10. The molecule has 1 aliphatic rings. The minimum atomic E-state index is -0.647. The van der Waals surface area contributed by atoms with Gasteiger partial charge in [0.05, 0.1) is 5.41 Å². The molecule has 18 heavy (non-hydrogen) atoms. The molecule has 0 spiro atoms. The maximum Gasteiger partial charge on any atom is 0.310 e. The van der Waals surface area contributed by atoms with Crippen LogP contribution in [-0.4, -0.2) is 45.2 Å². The van der Waals surface area contributed by atoms with E-state index < -0.39 is 11.4 Å². The Morgan fingerprint density at radius 3 is 2.83 bits per heavy atom. The minimum absolute atomic E-state index is 0.524. The Morgan fingerprint density at radius 2 is 2.33 bits per heavy atom. The molecular weight excluding hydrogens is 230 g/mol. The third kappa shape index (κ3) is 2.41. The van der Waals surface area contributed by atoms with Crippen molar-refractivity contribution in [3.05, 3.63) is 18.2 Å². The van der Waals surface area contributed by atoms with Crippen molar-refractivity contribution in [1.29, 1.82) is 0 Å². The lowest BCUT2D eigenvalue weighted by atomic mass is 9.84. The fourth-order valence-electron chi connectivity index (χ4n) is 2.65. The molecule has 1 saturated heterocycles. The van der Waals surface area contributed by atoms with Crippen LogP contribution in [0.1, 0.15) is 25.6 Å². The van der Waals surface area contributed by atoms with E-state index >= 15 is 0 Å². The minimum Gasteiger partial charge on any atom is -0.481 e. The fourth-order valence-corrected chi connectivity index (χ4v) is 2.65. The zero-order valence-corrected chi connectivity index (χ0v) is 11.1. The number of carboxylic acid groups (broad SMARTS) is 1. The van der Waals surface area contributed by atoms with E-state index in [0.29, 0.717) is 13.0 Å². The molecule has 0 aliphatic carbocycles. The van der Waals surface area contributed by atoms with Gasteiger partial charge in [0.25, 0.3) is 0 Å². The molecule has 0 radical (unpaired) electrons. The first kappa shape index (κ1) is 13.1. The second kappa shape index (κ2) is 5.10. The van der Waals surface area contributed by atoms with Crippen LogP contribution in [0.5, 0.6) is 0 Å². The number of carboxylic acids is 1. The summed E-state index contributed by atoms with van der Waals surface area (Å²) in [6, 6.07) is 0. The van der Waals surface area contributed by atoms with Crippen LogP contribution in [0.15, 0.2) is 12.4 Å². The normalized spacial score (nSPS) is 24.6. The first-order valence-corrected chi connectivity index (χ1v) is 6.51. The summed E-state index contributed by atoms with van der Waals surface area (Å²) in [7, 11) is 0. The van der Waals surface area contributed by atoms with Crippen LogP contribution in [-0.2, 0) is 11.3 Å². The molecule has 1 aromatic heterocycles. The first-order valence-electron chi connectivity index (χ1n) is 6.51. The summed E-state index contributed by atoms with van der Waals surface area (Å²) in [6.45, 7) is 7.28. The van der Waals surface area contributed by atoms with E-state index in [1.807, 2.05) is 20.0 Å². The zero-order chi connectivity index (χ0) is 13.2. The SMILES string of the molecule is CCC1(C(=O)O)CCN(CCn2ccnc2C)C1. The van der Waals surface area contributed by atoms with Gasteiger partial charge in [-0.05, 0) is 26.3 Å². The maximum absolute atomic E-state index is 11.3. The summed E-state index contributed by atoms with van der Waals surface area (Å²) in [5.74, 6) is 0.362. The average Bonchev–Trinajstić information content (AvgIpc) is 2.93. The number of aromatic nitrogens is 2. The fraction of sp³-hybridized carbons (Fsp3) is 0.692. The number of imidazole rings is 1. The highest BCUT2D eigenvalue weighted by atomic mass is 16.4. The van der Waals surface area contributed by atoms with Gasteiger partial charge >= 0.3 is 5.97 Å². The van der Waals surface area contributed by atoms with E-state index in [2.05, 4.69) is 14.5 Å². The molecule has 2 rings (SSSR count). The quantitative estimate of drug-likeness (QED) is 0.859. The average molecular weight is 251 g/mol. The van der Waals surface area contributed by atoms with Crippen LogP contribution in [0.3, 0.4) is 0 Å². The van der Waals surface area contributed by atoms with Crippen molar-refractivity contribution in [3.63, 3.8) is 0 Å². The van der Waals surface area contributed by atoms with Crippen LogP contribution in [0.2, 0.25) is 0 Å². The molecule has 1 fully saturated rings. The smallest absolute Gasteiger partial charge is 0.310 e. The van der Waals surface area contributed by atoms with Gasteiger partial charge in [-0.15, -0.1) is 0 Å². The van der Waals surface area contributed by atoms with Gasteiger partial charge < -0.3 is 14.6 Å². The molecule has 5 nitrogen and oxygen atoms in total. The van der Waals surface area contributed by atoms with Crippen molar-refractivity contribution < 1.29 is 9.90 Å². The first-order chi connectivity index (χ1) is 8.57. The van der Waals surface area contributed by atoms with E-state index in [4.69, 9.17) is 0 Å². The number of hydrogen-bond donors (Lipinski definition) is 1. The predicted octanol–water partition coefficient (Wildman–Crippen LogP) is 1.38. The Morgan fingerprint density at radius 1 is 1.56 bits per heavy atom. The number of aryl methyl sites for hydroxylation is 1. The monoisotopic (exact) mass is 251 g/mol. The van der Waals surface area contributed by atoms with Crippen LogP contribution in [0.4, 0.5) is 0 Å². The van der Waals surface area contributed by atoms with Gasteiger partial charge in [0.1, 0.15) is 5.82 Å². The molecule has 0 saturated carbocycles. The van der Waals surface area contributed by atoms with E-state index in [0.717, 1.165) is 31.9 Å². The molecule has 1 unspecified atom stereocenters. The molecular formula is C13H21N3O2. The molecule has 0 aromatic carbocycles. The van der Waals surface area contributed by atoms with Gasteiger partial charge in [0.15, 0.2) is 0 Å².